The van der Waals surface area contributed by atoms with E-state index in [0.29, 0.717) is 26.2 Å². The summed E-state index contributed by atoms with van der Waals surface area (Å²) >= 11 is 0. The molecule has 0 aromatic heterocycles. The second kappa shape index (κ2) is 6.83. The molecule has 0 aromatic carbocycles. The lowest BCUT2D eigenvalue weighted by atomic mass is 9.97. The van der Waals surface area contributed by atoms with Gasteiger partial charge < -0.3 is 15.4 Å². The SMILES string of the molecule is NC(=O)C1CCCN(C(=O)CN2CCCC(C=O)C2)C1. The van der Waals surface area contributed by atoms with E-state index in [2.05, 4.69) is 0 Å². The van der Waals surface area contributed by atoms with E-state index in [1.54, 1.807) is 4.90 Å². The van der Waals surface area contributed by atoms with Gasteiger partial charge in [0.25, 0.3) is 0 Å². The summed E-state index contributed by atoms with van der Waals surface area (Å²) in [6.45, 7) is 3.02. The highest BCUT2D eigenvalue weighted by molar-refractivity contribution is 5.81. The van der Waals surface area contributed by atoms with Gasteiger partial charge in [-0.2, -0.15) is 0 Å². The Morgan fingerprint density at radius 1 is 1.15 bits per heavy atom. The fraction of sp³-hybridized carbons (Fsp3) is 0.786. The number of amides is 2. The molecule has 2 rings (SSSR count). The first-order chi connectivity index (χ1) is 9.60. The van der Waals surface area contributed by atoms with Gasteiger partial charge >= 0.3 is 0 Å². The molecule has 2 aliphatic rings. The molecule has 0 spiro atoms. The second-order valence-corrected chi connectivity index (χ2v) is 5.85. The maximum Gasteiger partial charge on any atom is 0.236 e. The molecule has 6 nitrogen and oxygen atoms in total. The van der Waals surface area contributed by atoms with Crippen LogP contribution in [-0.2, 0) is 14.4 Å². The van der Waals surface area contributed by atoms with Crippen molar-refractivity contribution in [1.29, 1.82) is 0 Å². The summed E-state index contributed by atoms with van der Waals surface area (Å²) < 4.78 is 0. The fourth-order valence-corrected chi connectivity index (χ4v) is 3.07. The maximum absolute atomic E-state index is 12.3. The van der Waals surface area contributed by atoms with Crippen LogP contribution in [-0.4, -0.2) is 60.6 Å². The van der Waals surface area contributed by atoms with Gasteiger partial charge in [-0.1, -0.05) is 0 Å². The lowest BCUT2D eigenvalue weighted by Gasteiger charge is -2.35. The Morgan fingerprint density at radius 2 is 1.90 bits per heavy atom. The number of hydrogen-bond acceptors (Lipinski definition) is 4. The van der Waals surface area contributed by atoms with Crippen LogP contribution >= 0.6 is 0 Å². The van der Waals surface area contributed by atoms with Gasteiger partial charge in [-0.05, 0) is 32.2 Å². The normalized spacial score (nSPS) is 28.1. The molecule has 0 radical (unpaired) electrons. The van der Waals surface area contributed by atoms with Crippen LogP contribution < -0.4 is 5.73 Å². The smallest absolute Gasteiger partial charge is 0.236 e. The lowest BCUT2D eigenvalue weighted by Crippen LogP contribution is -2.49. The number of aldehydes is 1. The van der Waals surface area contributed by atoms with Crippen LogP contribution in [0.4, 0.5) is 0 Å². The van der Waals surface area contributed by atoms with Crippen LogP contribution in [0.15, 0.2) is 0 Å². The van der Waals surface area contributed by atoms with Gasteiger partial charge in [-0.25, -0.2) is 0 Å². The summed E-state index contributed by atoms with van der Waals surface area (Å²) in [6, 6.07) is 0. The van der Waals surface area contributed by atoms with Gasteiger partial charge in [-0.3, -0.25) is 14.5 Å². The molecule has 2 amide bonds. The first kappa shape index (κ1) is 15.0. The Hall–Kier alpha value is -1.43. The van der Waals surface area contributed by atoms with Gasteiger partial charge in [-0.15, -0.1) is 0 Å². The van der Waals surface area contributed by atoms with Gasteiger partial charge in [0.1, 0.15) is 6.29 Å². The number of primary amides is 1. The summed E-state index contributed by atoms with van der Waals surface area (Å²) in [5.74, 6) is -0.433. The van der Waals surface area contributed by atoms with Gasteiger partial charge in [0, 0.05) is 25.6 Å². The van der Waals surface area contributed by atoms with Crippen molar-refractivity contribution < 1.29 is 14.4 Å². The van der Waals surface area contributed by atoms with Crippen LogP contribution in [0.5, 0.6) is 0 Å². The van der Waals surface area contributed by atoms with Gasteiger partial charge in [0.05, 0.1) is 12.5 Å². The highest BCUT2D eigenvalue weighted by Gasteiger charge is 2.28. The Balaban J connectivity index is 1.84. The highest BCUT2D eigenvalue weighted by atomic mass is 16.2. The number of carbonyl (C=O) groups excluding carboxylic acids is 3. The summed E-state index contributed by atoms with van der Waals surface area (Å²) in [6.07, 6.45) is 4.47. The largest absolute Gasteiger partial charge is 0.369 e. The summed E-state index contributed by atoms with van der Waals surface area (Å²) in [4.78, 5) is 38.1. The van der Waals surface area contributed by atoms with E-state index in [4.69, 9.17) is 5.73 Å². The predicted molar refractivity (Wildman–Crippen MR) is 73.7 cm³/mol. The van der Waals surface area contributed by atoms with Gasteiger partial charge in [0.2, 0.25) is 11.8 Å². The van der Waals surface area contributed by atoms with E-state index < -0.39 is 0 Å². The number of nitrogens with two attached hydrogens (primary N) is 1. The Bertz CT molecular complexity index is 386. The minimum atomic E-state index is -0.318. The van der Waals surface area contributed by atoms with Crippen LogP contribution in [0.1, 0.15) is 25.7 Å². The topological polar surface area (TPSA) is 83.7 Å². The van der Waals surface area contributed by atoms with E-state index in [-0.39, 0.29) is 23.7 Å². The molecule has 0 aromatic rings. The van der Waals surface area contributed by atoms with Crippen molar-refractivity contribution in [3.63, 3.8) is 0 Å². The molecule has 112 valence electrons. The number of rotatable bonds is 4. The van der Waals surface area contributed by atoms with Gasteiger partial charge in [0.15, 0.2) is 0 Å². The molecule has 0 aliphatic carbocycles. The number of carbonyl (C=O) groups is 3. The highest BCUT2D eigenvalue weighted by Crippen LogP contribution is 2.18. The second-order valence-electron chi connectivity index (χ2n) is 5.85. The molecule has 2 fully saturated rings. The zero-order valence-corrected chi connectivity index (χ0v) is 11.8. The lowest BCUT2D eigenvalue weighted by molar-refractivity contribution is -0.136. The molecule has 2 heterocycles. The molecule has 2 unspecified atom stereocenters. The van der Waals surface area contributed by atoms with Crippen LogP contribution in [0.3, 0.4) is 0 Å². The van der Waals surface area contributed by atoms with Crippen molar-refractivity contribution in [3.05, 3.63) is 0 Å². The van der Waals surface area contributed by atoms with E-state index in [0.717, 1.165) is 38.5 Å². The molecule has 6 heteroatoms. The molecule has 2 atom stereocenters. The minimum Gasteiger partial charge on any atom is -0.369 e. The van der Waals surface area contributed by atoms with E-state index in [1.165, 1.54) is 0 Å². The van der Waals surface area contributed by atoms with Crippen molar-refractivity contribution in [2.24, 2.45) is 17.6 Å². The Labute approximate surface area is 119 Å². The first-order valence-electron chi connectivity index (χ1n) is 7.35. The number of hydrogen-bond donors (Lipinski definition) is 1. The van der Waals surface area contributed by atoms with Crippen LogP contribution in [0.25, 0.3) is 0 Å². The maximum atomic E-state index is 12.3. The Morgan fingerprint density at radius 3 is 2.60 bits per heavy atom. The quantitative estimate of drug-likeness (QED) is 0.712. The summed E-state index contributed by atoms with van der Waals surface area (Å²) in [5, 5.41) is 0. The molecule has 0 bridgehead atoms. The predicted octanol–water partition coefficient (Wildman–Crippen LogP) is -0.379. The number of piperidine rings is 2. The van der Waals surface area contributed by atoms with Crippen LogP contribution in [0.2, 0.25) is 0 Å². The molecule has 0 saturated carbocycles. The zero-order chi connectivity index (χ0) is 14.5. The minimum absolute atomic E-state index is 0.0440. The third-order valence-corrected chi connectivity index (χ3v) is 4.27. The average Bonchev–Trinajstić information content (AvgIpc) is 2.47. The molecular formula is C14H23N3O3. The standard InChI is InChI=1S/C14H23N3O3/c15-14(20)12-4-2-6-17(8-12)13(19)9-16-5-1-3-11(7-16)10-18/h10-12H,1-9H2,(H2,15,20). The van der Waals surface area contributed by atoms with Crippen LogP contribution in [0, 0.1) is 11.8 Å². The van der Waals surface area contributed by atoms with Crippen molar-refractivity contribution >= 4 is 18.1 Å². The average molecular weight is 281 g/mol. The van der Waals surface area contributed by atoms with E-state index >= 15 is 0 Å². The van der Waals surface area contributed by atoms with E-state index in [9.17, 15) is 14.4 Å². The van der Waals surface area contributed by atoms with E-state index in [1.807, 2.05) is 4.90 Å². The van der Waals surface area contributed by atoms with Crippen molar-refractivity contribution in [2.45, 2.75) is 25.7 Å². The summed E-state index contributed by atoms with van der Waals surface area (Å²) in [7, 11) is 0. The molecular weight excluding hydrogens is 258 g/mol. The summed E-state index contributed by atoms with van der Waals surface area (Å²) in [5.41, 5.74) is 5.32. The zero-order valence-electron chi connectivity index (χ0n) is 11.8. The fourth-order valence-electron chi connectivity index (χ4n) is 3.07. The third-order valence-electron chi connectivity index (χ3n) is 4.27. The van der Waals surface area contributed by atoms with Crippen molar-refractivity contribution in [3.8, 4) is 0 Å². The number of nitrogens with zero attached hydrogens (tertiary/aromatic N) is 2. The van der Waals surface area contributed by atoms with Crippen molar-refractivity contribution in [2.75, 3.05) is 32.7 Å². The van der Waals surface area contributed by atoms with Crippen molar-refractivity contribution in [1.82, 2.24) is 9.80 Å². The third kappa shape index (κ3) is 3.79. The molecule has 2 aliphatic heterocycles. The first-order valence-corrected chi connectivity index (χ1v) is 7.35. The Kier molecular flexibility index (Phi) is 5.11. The monoisotopic (exact) mass is 281 g/mol. The molecule has 2 saturated heterocycles. The number of likely N-dealkylation sites (tertiary alicyclic amines) is 2. The molecule has 2 N–H and O–H groups in total. The molecule has 20 heavy (non-hydrogen) atoms.